The summed E-state index contributed by atoms with van der Waals surface area (Å²) in [6, 6.07) is 7.47. The third kappa shape index (κ3) is 4.03. The van der Waals surface area contributed by atoms with E-state index >= 15 is 0 Å². The van der Waals surface area contributed by atoms with Crippen molar-refractivity contribution in [2.24, 2.45) is 5.92 Å². The van der Waals surface area contributed by atoms with Crippen LogP contribution < -0.4 is 5.32 Å². The van der Waals surface area contributed by atoms with E-state index < -0.39 is 0 Å². The molecular formula is C17H22FN3. The minimum atomic E-state index is -0.202. The molecule has 1 N–H and O–H groups in total. The van der Waals surface area contributed by atoms with Crippen molar-refractivity contribution < 1.29 is 4.39 Å². The molecule has 0 bridgehead atoms. The van der Waals surface area contributed by atoms with Crippen LogP contribution in [0, 0.1) is 23.1 Å². The Morgan fingerprint density at radius 3 is 2.95 bits per heavy atom. The van der Waals surface area contributed by atoms with Gasteiger partial charge in [0.1, 0.15) is 5.82 Å². The van der Waals surface area contributed by atoms with Crippen molar-refractivity contribution in [2.75, 3.05) is 19.6 Å². The van der Waals surface area contributed by atoms with Gasteiger partial charge in [-0.25, -0.2) is 4.39 Å². The monoisotopic (exact) mass is 287 g/mol. The molecule has 1 unspecified atom stereocenters. The quantitative estimate of drug-likeness (QED) is 0.905. The molecule has 0 amide bonds. The highest BCUT2D eigenvalue weighted by molar-refractivity contribution is 5.33. The van der Waals surface area contributed by atoms with Crippen LogP contribution in [0.4, 0.5) is 4.39 Å². The summed E-state index contributed by atoms with van der Waals surface area (Å²) in [6.45, 7) is 3.75. The molecule has 1 aliphatic carbocycles. The number of nitriles is 1. The number of piperidine rings is 1. The van der Waals surface area contributed by atoms with Gasteiger partial charge in [0.05, 0.1) is 11.6 Å². The molecule has 0 radical (unpaired) electrons. The summed E-state index contributed by atoms with van der Waals surface area (Å²) in [4.78, 5) is 2.32. The van der Waals surface area contributed by atoms with Gasteiger partial charge < -0.3 is 5.32 Å². The van der Waals surface area contributed by atoms with E-state index in [1.807, 2.05) is 0 Å². The van der Waals surface area contributed by atoms with Gasteiger partial charge in [-0.2, -0.15) is 5.26 Å². The Balaban J connectivity index is 1.57. The summed E-state index contributed by atoms with van der Waals surface area (Å²) >= 11 is 0. The highest BCUT2D eigenvalue weighted by Crippen LogP contribution is 2.22. The van der Waals surface area contributed by atoms with Gasteiger partial charge in [0.15, 0.2) is 0 Å². The van der Waals surface area contributed by atoms with E-state index in [0.717, 1.165) is 25.7 Å². The van der Waals surface area contributed by atoms with Crippen LogP contribution in [0.3, 0.4) is 0 Å². The number of nitrogens with zero attached hydrogens (tertiary/aromatic N) is 2. The fourth-order valence-electron chi connectivity index (χ4n) is 3.09. The Kier molecular flexibility index (Phi) is 4.52. The van der Waals surface area contributed by atoms with E-state index in [1.54, 1.807) is 6.07 Å². The summed E-state index contributed by atoms with van der Waals surface area (Å²) in [5.74, 6) is 0.466. The fourth-order valence-corrected chi connectivity index (χ4v) is 3.09. The van der Waals surface area contributed by atoms with Crippen LogP contribution in [0.15, 0.2) is 18.2 Å². The molecular weight excluding hydrogens is 265 g/mol. The number of hydrogen-bond donors (Lipinski definition) is 1. The first-order valence-corrected chi connectivity index (χ1v) is 7.89. The molecule has 1 saturated heterocycles. The van der Waals surface area contributed by atoms with Crippen LogP contribution in [0.5, 0.6) is 0 Å². The van der Waals surface area contributed by atoms with Gasteiger partial charge in [-0.05, 0) is 62.9 Å². The average Bonchev–Trinajstić information content (AvgIpc) is 3.32. The van der Waals surface area contributed by atoms with Crippen molar-refractivity contribution in [2.45, 2.75) is 38.3 Å². The Hall–Kier alpha value is -1.44. The minimum Gasteiger partial charge on any atom is -0.314 e. The molecule has 1 atom stereocenters. The van der Waals surface area contributed by atoms with Crippen molar-refractivity contribution in [1.82, 2.24) is 10.2 Å². The van der Waals surface area contributed by atoms with Gasteiger partial charge >= 0.3 is 0 Å². The third-order valence-corrected chi connectivity index (χ3v) is 4.44. The molecule has 0 aromatic heterocycles. The largest absolute Gasteiger partial charge is 0.314 e. The minimum absolute atomic E-state index is 0.202. The average molecular weight is 287 g/mol. The van der Waals surface area contributed by atoms with Crippen LogP contribution in [0.25, 0.3) is 0 Å². The zero-order valence-corrected chi connectivity index (χ0v) is 12.3. The molecule has 1 aromatic carbocycles. The van der Waals surface area contributed by atoms with Crippen molar-refractivity contribution >= 4 is 0 Å². The number of benzene rings is 1. The Morgan fingerprint density at radius 2 is 2.19 bits per heavy atom. The fraction of sp³-hybridized carbons (Fsp3) is 0.588. The second-order valence-electron chi connectivity index (χ2n) is 6.34. The maximum absolute atomic E-state index is 13.9. The van der Waals surface area contributed by atoms with E-state index in [-0.39, 0.29) is 5.82 Å². The van der Waals surface area contributed by atoms with Gasteiger partial charge in [-0.1, -0.05) is 0 Å². The highest BCUT2D eigenvalue weighted by atomic mass is 19.1. The summed E-state index contributed by atoms with van der Waals surface area (Å²) in [7, 11) is 0. The van der Waals surface area contributed by atoms with Crippen molar-refractivity contribution in [1.29, 1.82) is 5.26 Å². The van der Waals surface area contributed by atoms with Crippen LogP contribution in [-0.2, 0) is 6.54 Å². The van der Waals surface area contributed by atoms with E-state index in [4.69, 9.17) is 5.26 Å². The molecule has 1 aromatic rings. The zero-order valence-electron chi connectivity index (χ0n) is 12.3. The van der Waals surface area contributed by atoms with Gasteiger partial charge in [-0.3, -0.25) is 4.90 Å². The number of rotatable bonds is 5. The second kappa shape index (κ2) is 6.55. The normalized spacial score (nSPS) is 23.0. The first-order chi connectivity index (χ1) is 10.2. The molecule has 1 heterocycles. The van der Waals surface area contributed by atoms with E-state index in [1.165, 1.54) is 37.8 Å². The maximum atomic E-state index is 13.9. The summed E-state index contributed by atoms with van der Waals surface area (Å²) in [5.41, 5.74) is 1.18. The number of hydrogen-bond acceptors (Lipinski definition) is 3. The second-order valence-corrected chi connectivity index (χ2v) is 6.34. The van der Waals surface area contributed by atoms with Crippen molar-refractivity contribution in [3.05, 3.63) is 35.1 Å². The number of halogens is 1. The summed E-state index contributed by atoms with van der Waals surface area (Å²) < 4.78 is 13.9. The standard InChI is InChI=1S/C17H22FN3/c18-17-6-3-13(9-19)8-15(17)12-21-7-1-2-14(11-21)10-20-16-4-5-16/h3,6,8,14,16,20H,1-2,4-5,7,10-12H2. The van der Waals surface area contributed by atoms with E-state index in [0.29, 0.717) is 23.6 Å². The predicted molar refractivity (Wildman–Crippen MR) is 80.1 cm³/mol. The highest BCUT2D eigenvalue weighted by Gasteiger charge is 2.25. The Bertz CT molecular complexity index is 533. The molecule has 2 aliphatic rings. The Morgan fingerprint density at radius 1 is 1.33 bits per heavy atom. The summed E-state index contributed by atoms with van der Waals surface area (Å²) in [5, 5.41) is 12.5. The molecule has 0 spiro atoms. The molecule has 1 aliphatic heterocycles. The van der Waals surface area contributed by atoms with Gasteiger partial charge in [-0.15, -0.1) is 0 Å². The van der Waals surface area contributed by atoms with E-state index in [2.05, 4.69) is 16.3 Å². The maximum Gasteiger partial charge on any atom is 0.127 e. The van der Waals surface area contributed by atoms with E-state index in [9.17, 15) is 4.39 Å². The van der Waals surface area contributed by atoms with Crippen molar-refractivity contribution in [3.8, 4) is 6.07 Å². The molecule has 21 heavy (non-hydrogen) atoms. The smallest absolute Gasteiger partial charge is 0.127 e. The molecule has 4 heteroatoms. The van der Waals surface area contributed by atoms with Crippen LogP contribution >= 0.6 is 0 Å². The summed E-state index contributed by atoms with van der Waals surface area (Å²) in [6.07, 6.45) is 5.08. The zero-order chi connectivity index (χ0) is 14.7. The van der Waals surface area contributed by atoms with Gasteiger partial charge in [0.2, 0.25) is 0 Å². The van der Waals surface area contributed by atoms with Crippen LogP contribution in [0.1, 0.15) is 36.8 Å². The van der Waals surface area contributed by atoms with Crippen LogP contribution in [-0.4, -0.2) is 30.6 Å². The lowest BCUT2D eigenvalue weighted by Crippen LogP contribution is -2.39. The topological polar surface area (TPSA) is 39.1 Å². The number of nitrogens with one attached hydrogen (secondary N) is 1. The lowest BCUT2D eigenvalue weighted by molar-refractivity contribution is 0.163. The Labute approximate surface area is 125 Å². The first-order valence-electron chi connectivity index (χ1n) is 7.89. The molecule has 1 saturated carbocycles. The number of likely N-dealkylation sites (tertiary alicyclic amines) is 1. The predicted octanol–water partition coefficient (Wildman–Crippen LogP) is 2.66. The van der Waals surface area contributed by atoms with Crippen LogP contribution in [0.2, 0.25) is 0 Å². The SMILES string of the molecule is N#Cc1ccc(F)c(CN2CCCC(CNC3CC3)C2)c1. The molecule has 2 fully saturated rings. The van der Waals surface area contributed by atoms with Gasteiger partial charge in [0, 0.05) is 24.7 Å². The lowest BCUT2D eigenvalue weighted by Gasteiger charge is -2.33. The molecule has 3 nitrogen and oxygen atoms in total. The third-order valence-electron chi connectivity index (χ3n) is 4.44. The first kappa shape index (κ1) is 14.5. The molecule has 112 valence electrons. The lowest BCUT2D eigenvalue weighted by atomic mass is 9.97. The molecule has 3 rings (SSSR count). The van der Waals surface area contributed by atoms with Gasteiger partial charge in [0.25, 0.3) is 0 Å². The van der Waals surface area contributed by atoms with Crippen molar-refractivity contribution in [3.63, 3.8) is 0 Å².